The molecule has 0 fully saturated rings. The molecule has 0 saturated heterocycles. The summed E-state index contributed by atoms with van der Waals surface area (Å²) in [5, 5.41) is 5.24. The van der Waals surface area contributed by atoms with Gasteiger partial charge in [-0.05, 0) is 30.3 Å². The summed E-state index contributed by atoms with van der Waals surface area (Å²) in [6.45, 7) is 0.794. The molecule has 0 spiro atoms. The molecule has 0 aliphatic carbocycles. The average molecular weight is 452 g/mol. The van der Waals surface area contributed by atoms with E-state index < -0.39 is 15.9 Å². The first-order chi connectivity index (χ1) is 14.3. The maximum atomic E-state index is 13.0. The molecule has 160 valence electrons. The highest BCUT2D eigenvalue weighted by Crippen LogP contribution is 2.29. The number of amides is 1. The maximum Gasteiger partial charge on any atom is 0.287 e. The molecule has 2 N–H and O–H groups in total. The van der Waals surface area contributed by atoms with E-state index >= 15 is 0 Å². The topological polar surface area (TPSA) is 122 Å². The molecule has 1 amide bonds. The zero-order chi connectivity index (χ0) is 21.9. The number of methoxy groups -OCH3 is 3. The zero-order valence-corrected chi connectivity index (χ0v) is 18.2. The van der Waals surface area contributed by atoms with E-state index in [4.69, 9.17) is 19.3 Å². The van der Waals surface area contributed by atoms with Crippen LogP contribution in [0.2, 0.25) is 0 Å². The number of nitrogens with zero attached hydrogens (tertiary/aromatic N) is 2. The Bertz CT molecular complexity index is 1240. The normalized spacial score (nSPS) is 12.3. The highest BCUT2D eigenvalue weighted by Gasteiger charge is 2.19. The van der Waals surface area contributed by atoms with Crippen LogP contribution < -0.4 is 19.4 Å². The molecule has 1 aromatic heterocycles. The second kappa shape index (κ2) is 8.96. The number of carbonyl (C=O) groups is 1. The highest BCUT2D eigenvalue weighted by molar-refractivity contribution is 7.89. The molecule has 11 heteroatoms. The minimum absolute atomic E-state index is 0.0144. The molecule has 0 unspecified atom stereocenters. The molecule has 9 nitrogen and oxygen atoms in total. The van der Waals surface area contributed by atoms with Crippen molar-refractivity contribution in [3.05, 3.63) is 46.8 Å². The minimum atomic E-state index is -3.86. The van der Waals surface area contributed by atoms with Crippen molar-refractivity contribution in [2.24, 2.45) is 10.1 Å². The first-order valence-corrected chi connectivity index (χ1v) is 11.1. The molecule has 0 radical (unpaired) electrons. The predicted octanol–water partition coefficient (Wildman–Crippen LogP) is 1.75. The summed E-state index contributed by atoms with van der Waals surface area (Å²) in [4.78, 5) is 17.7. The standard InChI is InChI=1S/C19H21N3O6S2/c1-26-10-9-22-13-8-7-12(30(20,24)25)11-16(13)29-19(22)21-18(23)17-14(27-2)5-4-6-15(17)28-3/h4-8,11H,9-10H2,1-3H3,(H2,20,24,25). The molecule has 30 heavy (non-hydrogen) atoms. The Morgan fingerprint density at radius 3 is 2.37 bits per heavy atom. The first-order valence-electron chi connectivity index (χ1n) is 8.75. The van der Waals surface area contributed by atoms with Gasteiger partial charge < -0.3 is 18.8 Å². The van der Waals surface area contributed by atoms with E-state index in [1.807, 2.05) is 0 Å². The van der Waals surface area contributed by atoms with Crippen LogP contribution in [0, 0.1) is 0 Å². The van der Waals surface area contributed by atoms with Crippen LogP contribution in [0.5, 0.6) is 11.5 Å². The number of nitrogens with two attached hydrogens (primary N) is 1. The second-order valence-corrected chi connectivity index (χ2v) is 8.73. The van der Waals surface area contributed by atoms with Crippen molar-refractivity contribution in [3.63, 3.8) is 0 Å². The third kappa shape index (κ3) is 4.38. The van der Waals surface area contributed by atoms with E-state index in [0.29, 0.717) is 39.7 Å². The Balaban J connectivity index is 2.21. The maximum absolute atomic E-state index is 13.0. The Hall–Kier alpha value is -2.73. The number of hydrogen-bond acceptors (Lipinski definition) is 7. The van der Waals surface area contributed by atoms with Crippen LogP contribution in [0.15, 0.2) is 46.3 Å². The molecule has 0 aliphatic rings. The molecule has 0 bridgehead atoms. The summed E-state index contributed by atoms with van der Waals surface area (Å²) in [7, 11) is 0.622. The number of hydrogen-bond donors (Lipinski definition) is 1. The monoisotopic (exact) mass is 451 g/mol. The molecule has 1 heterocycles. The SMILES string of the molecule is COCCn1c(=NC(=O)c2c(OC)cccc2OC)sc2cc(S(N)(=O)=O)ccc21. The Kier molecular flexibility index (Phi) is 6.56. The number of benzene rings is 2. The number of sulfonamides is 1. The minimum Gasteiger partial charge on any atom is -0.496 e. The van der Waals surface area contributed by atoms with Crippen molar-refractivity contribution >= 4 is 37.5 Å². The van der Waals surface area contributed by atoms with Crippen LogP contribution in [-0.2, 0) is 21.3 Å². The van der Waals surface area contributed by atoms with Crippen LogP contribution in [0.3, 0.4) is 0 Å². The van der Waals surface area contributed by atoms with Gasteiger partial charge in [-0.3, -0.25) is 4.79 Å². The fourth-order valence-corrected chi connectivity index (χ4v) is 4.63. The van der Waals surface area contributed by atoms with E-state index in [1.54, 1.807) is 35.9 Å². The van der Waals surface area contributed by atoms with Gasteiger partial charge in [0.05, 0.1) is 35.9 Å². The van der Waals surface area contributed by atoms with Crippen LogP contribution in [-0.4, -0.2) is 46.8 Å². The summed E-state index contributed by atoms with van der Waals surface area (Å²) in [6.07, 6.45) is 0. The quantitative estimate of drug-likeness (QED) is 0.584. The third-order valence-corrected chi connectivity index (χ3v) is 6.29. The Morgan fingerprint density at radius 1 is 1.13 bits per heavy atom. The fraction of sp³-hybridized carbons (Fsp3) is 0.263. The number of ether oxygens (including phenoxy) is 3. The highest BCUT2D eigenvalue weighted by atomic mass is 32.2. The van der Waals surface area contributed by atoms with Gasteiger partial charge in [0.2, 0.25) is 10.0 Å². The summed E-state index contributed by atoms with van der Waals surface area (Å²) in [5.41, 5.74) is 0.909. The lowest BCUT2D eigenvalue weighted by Crippen LogP contribution is -2.19. The van der Waals surface area contributed by atoms with Crippen molar-refractivity contribution in [1.29, 1.82) is 0 Å². The van der Waals surface area contributed by atoms with Crippen LogP contribution in [0.25, 0.3) is 10.2 Å². The van der Waals surface area contributed by atoms with Gasteiger partial charge in [0.25, 0.3) is 5.91 Å². The van der Waals surface area contributed by atoms with Crippen LogP contribution in [0.1, 0.15) is 10.4 Å². The molecule has 2 aromatic carbocycles. The number of carbonyl (C=O) groups excluding carboxylic acids is 1. The lowest BCUT2D eigenvalue weighted by molar-refractivity contribution is 0.0991. The number of fused-ring (bicyclic) bond motifs is 1. The summed E-state index contributed by atoms with van der Waals surface area (Å²) < 4.78 is 41.5. The Labute approximate surface area is 177 Å². The molecule has 3 aromatic rings. The van der Waals surface area contributed by atoms with Gasteiger partial charge in [0, 0.05) is 13.7 Å². The number of rotatable bonds is 7. The van der Waals surface area contributed by atoms with Gasteiger partial charge in [0.1, 0.15) is 17.1 Å². The van der Waals surface area contributed by atoms with Gasteiger partial charge >= 0.3 is 0 Å². The number of thiazole rings is 1. The van der Waals surface area contributed by atoms with E-state index in [2.05, 4.69) is 4.99 Å². The first kappa shape index (κ1) is 22.0. The molecule has 0 saturated carbocycles. The largest absolute Gasteiger partial charge is 0.496 e. The lowest BCUT2D eigenvalue weighted by Gasteiger charge is -2.10. The summed E-state index contributed by atoms with van der Waals surface area (Å²) in [6, 6.07) is 9.52. The number of primary sulfonamides is 1. The van der Waals surface area contributed by atoms with Crippen molar-refractivity contribution in [1.82, 2.24) is 4.57 Å². The van der Waals surface area contributed by atoms with Crippen LogP contribution >= 0.6 is 11.3 Å². The predicted molar refractivity (Wildman–Crippen MR) is 113 cm³/mol. The van der Waals surface area contributed by atoms with Gasteiger partial charge in [-0.2, -0.15) is 4.99 Å². The summed E-state index contributed by atoms with van der Waals surface area (Å²) >= 11 is 1.17. The van der Waals surface area contributed by atoms with E-state index in [-0.39, 0.29) is 10.5 Å². The van der Waals surface area contributed by atoms with Gasteiger partial charge in [-0.1, -0.05) is 17.4 Å². The van der Waals surface area contributed by atoms with Crippen LogP contribution in [0.4, 0.5) is 0 Å². The molecule has 0 aliphatic heterocycles. The van der Waals surface area contributed by atoms with Gasteiger partial charge in [-0.25, -0.2) is 13.6 Å². The molecular weight excluding hydrogens is 430 g/mol. The second-order valence-electron chi connectivity index (χ2n) is 6.16. The Morgan fingerprint density at radius 2 is 1.80 bits per heavy atom. The van der Waals surface area contributed by atoms with Gasteiger partial charge in [-0.15, -0.1) is 0 Å². The number of aromatic nitrogens is 1. The molecule has 0 atom stereocenters. The lowest BCUT2D eigenvalue weighted by atomic mass is 10.1. The average Bonchev–Trinajstić information content (AvgIpc) is 3.06. The van der Waals surface area contributed by atoms with E-state index in [0.717, 1.165) is 0 Å². The van der Waals surface area contributed by atoms with E-state index in [1.165, 1.54) is 37.7 Å². The smallest absolute Gasteiger partial charge is 0.287 e. The third-order valence-electron chi connectivity index (χ3n) is 4.34. The van der Waals surface area contributed by atoms with Crippen molar-refractivity contribution in [2.45, 2.75) is 11.4 Å². The molecule has 3 rings (SSSR count). The van der Waals surface area contributed by atoms with Crippen molar-refractivity contribution < 1.29 is 27.4 Å². The van der Waals surface area contributed by atoms with E-state index in [9.17, 15) is 13.2 Å². The zero-order valence-electron chi connectivity index (χ0n) is 16.6. The summed E-state index contributed by atoms with van der Waals surface area (Å²) in [5.74, 6) is 0.127. The van der Waals surface area contributed by atoms with Gasteiger partial charge in [0.15, 0.2) is 4.80 Å². The molecular formula is C19H21N3O6S2. The van der Waals surface area contributed by atoms with Crippen molar-refractivity contribution in [3.8, 4) is 11.5 Å². The fourth-order valence-electron chi connectivity index (χ4n) is 2.92. The van der Waals surface area contributed by atoms with Crippen molar-refractivity contribution in [2.75, 3.05) is 27.9 Å².